The fourth-order valence-electron chi connectivity index (χ4n) is 2.19. The number of carbonyl (C=O) groups excluding carboxylic acids is 1. The fraction of sp³-hybridized carbons (Fsp3) is 0.167. The van der Waals surface area contributed by atoms with Gasteiger partial charge in [0.05, 0.1) is 6.61 Å². The highest BCUT2D eigenvalue weighted by Crippen LogP contribution is 2.24. The van der Waals surface area contributed by atoms with Crippen molar-refractivity contribution >= 4 is 5.91 Å². The molecule has 0 unspecified atom stereocenters. The summed E-state index contributed by atoms with van der Waals surface area (Å²) in [5.41, 5.74) is 3.26. The van der Waals surface area contributed by atoms with Crippen LogP contribution in [0.5, 0.6) is 0 Å². The highest BCUT2D eigenvalue weighted by atomic mass is 16.4. The van der Waals surface area contributed by atoms with Crippen LogP contribution in [0.2, 0.25) is 0 Å². The number of amides is 1. The van der Waals surface area contributed by atoms with Crippen LogP contribution in [0, 0.1) is 6.92 Å². The Hall–Kier alpha value is -2.99. The van der Waals surface area contributed by atoms with E-state index in [4.69, 9.17) is 9.52 Å². The first-order chi connectivity index (χ1) is 11.7. The number of aliphatic hydroxyl groups is 1. The Morgan fingerprint density at radius 2 is 1.54 bits per heavy atom. The maximum absolute atomic E-state index is 11.8. The Morgan fingerprint density at radius 3 is 2.08 bits per heavy atom. The van der Waals surface area contributed by atoms with Crippen molar-refractivity contribution in [2.45, 2.75) is 6.92 Å². The Bertz CT molecular complexity index is 823. The molecule has 6 nitrogen and oxygen atoms in total. The third-order valence-corrected chi connectivity index (χ3v) is 3.51. The molecule has 1 heterocycles. The number of hydrogen-bond donors (Lipinski definition) is 2. The Labute approximate surface area is 139 Å². The van der Waals surface area contributed by atoms with Crippen LogP contribution in [0.25, 0.3) is 22.9 Å². The second kappa shape index (κ2) is 7.06. The number of aryl methyl sites for hydroxylation is 1. The minimum Gasteiger partial charge on any atom is -0.416 e. The van der Waals surface area contributed by atoms with E-state index in [1.165, 1.54) is 0 Å². The smallest absolute Gasteiger partial charge is 0.251 e. The molecule has 6 heteroatoms. The van der Waals surface area contributed by atoms with Gasteiger partial charge in [-0.05, 0) is 43.3 Å². The number of aliphatic hydroxyl groups excluding tert-OH is 1. The molecule has 122 valence electrons. The first-order valence-corrected chi connectivity index (χ1v) is 7.57. The van der Waals surface area contributed by atoms with E-state index in [0.717, 1.165) is 16.7 Å². The average molecular weight is 323 g/mol. The van der Waals surface area contributed by atoms with E-state index in [0.29, 0.717) is 17.3 Å². The van der Waals surface area contributed by atoms with E-state index in [1.54, 1.807) is 24.3 Å². The summed E-state index contributed by atoms with van der Waals surface area (Å²) >= 11 is 0. The van der Waals surface area contributed by atoms with Crippen molar-refractivity contribution in [2.24, 2.45) is 0 Å². The van der Waals surface area contributed by atoms with Gasteiger partial charge in [-0.2, -0.15) is 0 Å². The van der Waals surface area contributed by atoms with Gasteiger partial charge in [0.1, 0.15) is 0 Å². The molecule has 0 aliphatic heterocycles. The number of benzene rings is 2. The van der Waals surface area contributed by atoms with E-state index in [2.05, 4.69) is 15.5 Å². The summed E-state index contributed by atoms with van der Waals surface area (Å²) in [4.78, 5) is 11.8. The van der Waals surface area contributed by atoms with Crippen LogP contribution < -0.4 is 5.32 Å². The topological polar surface area (TPSA) is 88.2 Å². The molecule has 0 atom stereocenters. The van der Waals surface area contributed by atoms with Crippen molar-refractivity contribution in [2.75, 3.05) is 13.2 Å². The largest absolute Gasteiger partial charge is 0.416 e. The standard InChI is InChI=1S/C18H17N3O3/c1-12-2-4-14(5-3-12)17-20-21-18(24-17)15-8-6-13(7-9-15)16(23)19-10-11-22/h2-9,22H,10-11H2,1H3,(H,19,23). The van der Waals surface area contributed by atoms with Crippen LogP contribution >= 0.6 is 0 Å². The molecule has 2 aromatic carbocycles. The number of hydrogen-bond acceptors (Lipinski definition) is 5. The second-order valence-corrected chi connectivity index (χ2v) is 5.34. The third-order valence-electron chi connectivity index (χ3n) is 3.51. The fourth-order valence-corrected chi connectivity index (χ4v) is 2.19. The number of rotatable bonds is 5. The lowest BCUT2D eigenvalue weighted by atomic mass is 10.1. The van der Waals surface area contributed by atoms with E-state index < -0.39 is 0 Å². The second-order valence-electron chi connectivity index (χ2n) is 5.34. The summed E-state index contributed by atoms with van der Waals surface area (Å²) in [5.74, 6) is 0.615. The molecule has 0 radical (unpaired) electrons. The molecule has 0 saturated carbocycles. The molecule has 1 aromatic heterocycles. The zero-order chi connectivity index (χ0) is 16.9. The summed E-state index contributed by atoms with van der Waals surface area (Å²) in [6.07, 6.45) is 0. The molecule has 3 aromatic rings. The number of aromatic nitrogens is 2. The minimum atomic E-state index is -0.235. The van der Waals surface area contributed by atoms with Crippen LogP contribution in [-0.4, -0.2) is 34.4 Å². The van der Waals surface area contributed by atoms with E-state index in [-0.39, 0.29) is 19.1 Å². The van der Waals surface area contributed by atoms with E-state index in [1.807, 2.05) is 31.2 Å². The van der Waals surface area contributed by atoms with Gasteiger partial charge in [-0.3, -0.25) is 4.79 Å². The van der Waals surface area contributed by atoms with Gasteiger partial charge in [0.15, 0.2) is 0 Å². The zero-order valence-corrected chi connectivity index (χ0v) is 13.2. The number of carbonyl (C=O) groups is 1. The molecule has 24 heavy (non-hydrogen) atoms. The van der Waals surface area contributed by atoms with Crippen LogP contribution in [0.3, 0.4) is 0 Å². The lowest BCUT2D eigenvalue weighted by molar-refractivity contribution is 0.0945. The highest BCUT2D eigenvalue weighted by molar-refractivity contribution is 5.94. The van der Waals surface area contributed by atoms with Crippen LogP contribution in [0.1, 0.15) is 15.9 Å². The van der Waals surface area contributed by atoms with Gasteiger partial charge in [0.2, 0.25) is 11.8 Å². The summed E-state index contributed by atoms with van der Waals surface area (Å²) < 4.78 is 5.71. The van der Waals surface area contributed by atoms with Gasteiger partial charge in [0, 0.05) is 23.2 Å². The maximum atomic E-state index is 11.8. The summed E-state index contributed by atoms with van der Waals surface area (Å²) in [6, 6.07) is 14.7. The summed E-state index contributed by atoms with van der Waals surface area (Å²) in [6.45, 7) is 2.15. The molecule has 0 saturated heterocycles. The van der Waals surface area contributed by atoms with Crippen LogP contribution in [0.15, 0.2) is 52.9 Å². The molecule has 3 rings (SSSR count). The molecule has 0 bridgehead atoms. The minimum absolute atomic E-state index is 0.0897. The normalized spacial score (nSPS) is 10.6. The van der Waals surface area contributed by atoms with Gasteiger partial charge >= 0.3 is 0 Å². The van der Waals surface area contributed by atoms with Gasteiger partial charge in [-0.25, -0.2) is 0 Å². The molecule has 0 aliphatic carbocycles. The molecule has 0 fully saturated rings. The number of nitrogens with one attached hydrogen (secondary N) is 1. The maximum Gasteiger partial charge on any atom is 0.251 e. The molecule has 1 amide bonds. The summed E-state index contributed by atoms with van der Waals surface area (Å²) in [7, 11) is 0. The SMILES string of the molecule is Cc1ccc(-c2nnc(-c3ccc(C(=O)NCCO)cc3)o2)cc1. The van der Waals surface area contributed by atoms with E-state index in [9.17, 15) is 4.79 Å². The lowest BCUT2D eigenvalue weighted by Gasteiger charge is -2.03. The van der Waals surface area contributed by atoms with Gasteiger partial charge in [-0.1, -0.05) is 17.7 Å². The van der Waals surface area contributed by atoms with Crippen molar-refractivity contribution in [1.29, 1.82) is 0 Å². The average Bonchev–Trinajstić information content (AvgIpc) is 3.10. The van der Waals surface area contributed by atoms with Crippen molar-refractivity contribution in [3.8, 4) is 22.9 Å². The first kappa shape index (κ1) is 15.9. The molecular weight excluding hydrogens is 306 g/mol. The predicted octanol–water partition coefficient (Wildman–Crippen LogP) is 2.43. The molecule has 2 N–H and O–H groups in total. The van der Waals surface area contributed by atoms with Gasteiger partial charge < -0.3 is 14.8 Å². The van der Waals surface area contributed by atoms with Crippen molar-refractivity contribution in [1.82, 2.24) is 15.5 Å². The third kappa shape index (κ3) is 3.49. The van der Waals surface area contributed by atoms with Gasteiger partial charge in [0.25, 0.3) is 5.91 Å². The van der Waals surface area contributed by atoms with Crippen LogP contribution in [0.4, 0.5) is 0 Å². The quantitative estimate of drug-likeness (QED) is 0.753. The molecule has 0 spiro atoms. The van der Waals surface area contributed by atoms with Crippen molar-refractivity contribution < 1.29 is 14.3 Å². The molecule has 0 aliphatic rings. The summed E-state index contributed by atoms with van der Waals surface area (Å²) in [5, 5.41) is 19.4. The molecular formula is C18H17N3O3. The number of nitrogens with zero attached hydrogens (tertiary/aromatic N) is 2. The Morgan fingerprint density at radius 1 is 1.00 bits per heavy atom. The zero-order valence-electron chi connectivity index (χ0n) is 13.2. The Kier molecular flexibility index (Phi) is 4.67. The monoisotopic (exact) mass is 323 g/mol. The van der Waals surface area contributed by atoms with Crippen molar-refractivity contribution in [3.63, 3.8) is 0 Å². The van der Waals surface area contributed by atoms with E-state index >= 15 is 0 Å². The van der Waals surface area contributed by atoms with Crippen LogP contribution in [-0.2, 0) is 0 Å². The highest BCUT2D eigenvalue weighted by Gasteiger charge is 2.11. The Balaban J connectivity index is 1.78. The predicted molar refractivity (Wildman–Crippen MR) is 89.3 cm³/mol. The van der Waals surface area contributed by atoms with Gasteiger partial charge in [-0.15, -0.1) is 10.2 Å². The van der Waals surface area contributed by atoms with Crippen molar-refractivity contribution in [3.05, 3.63) is 59.7 Å². The first-order valence-electron chi connectivity index (χ1n) is 7.57. The lowest BCUT2D eigenvalue weighted by Crippen LogP contribution is -2.26.